The number of carboxylic acids is 1. The lowest BCUT2D eigenvalue weighted by molar-refractivity contribution is -0.141. The summed E-state index contributed by atoms with van der Waals surface area (Å²) in [6, 6.07) is -3.63. The second-order valence-electron chi connectivity index (χ2n) is 9.32. The van der Waals surface area contributed by atoms with Gasteiger partial charge in [0.05, 0.1) is 18.6 Å². The molecule has 0 radical (unpaired) electrons. The Bertz CT molecular complexity index is 916. The molecule has 14 heteroatoms. The summed E-state index contributed by atoms with van der Waals surface area (Å²) in [5.41, 5.74) is -1.39. The summed E-state index contributed by atoms with van der Waals surface area (Å²) in [5.74, 6) is -6.16. The van der Waals surface area contributed by atoms with Gasteiger partial charge < -0.3 is 36.8 Å². The largest absolute Gasteiger partial charge is 0.481 e. The molecule has 1 unspecified atom stereocenters. The van der Waals surface area contributed by atoms with Crippen LogP contribution < -0.4 is 26.6 Å². The van der Waals surface area contributed by atoms with Crippen LogP contribution in [-0.4, -0.2) is 87.8 Å². The zero-order valence-corrected chi connectivity index (χ0v) is 21.7. The minimum absolute atomic E-state index is 0.220. The Balaban J connectivity index is 2.82. The molecule has 208 valence electrons. The summed E-state index contributed by atoms with van der Waals surface area (Å²) in [5, 5.41) is 30.7. The molecule has 0 heterocycles. The molecule has 0 spiro atoms. The van der Waals surface area contributed by atoms with Crippen molar-refractivity contribution in [3.63, 3.8) is 0 Å². The SMILES string of the molecule is CC[C@H](C)[C@H](NC(C)=O)C(=O)N[C@H](C(=O)NC1(C(=O)NC(C)C(=O)C(=O)NCCC(=O)O)CC1)[C@@H](C)O. The van der Waals surface area contributed by atoms with Gasteiger partial charge in [0.2, 0.25) is 29.4 Å². The third-order valence-corrected chi connectivity index (χ3v) is 6.05. The molecule has 0 aromatic heterocycles. The molecular formula is C23H37N5O9. The summed E-state index contributed by atoms with van der Waals surface area (Å²) in [6.07, 6.45) is -0.718. The monoisotopic (exact) mass is 527 g/mol. The van der Waals surface area contributed by atoms with E-state index in [-0.39, 0.29) is 31.7 Å². The normalized spacial score (nSPS) is 17.6. The molecule has 5 atom stereocenters. The topological polar surface area (TPSA) is 220 Å². The minimum atomic E-state index is -1.43. The Morgan fingerprint density at radius 3 is 1.95 bits per heavy atom. The number of Topliss-reactive ketones (excluding diaryl/α,β-unsaturated/α-hetero) is 1. The van der Waals surface area contributed by atoms with Crippen molar-refractivity contribution in [2.75, 3.05) is 6.54 Å². The maximum absolute atomic E-state index is 12.9. The number of aliphatic carboxylic acids is 1. The highest BCUT2D eigenvalue weighted by Gasteiger charge is 2.52. The molecule has 1 aliphatic rings. The summed E-state index contributed by atoms with van der Waals surface area (Å²) in [6.45, 7) is 7.12. The van der Waals surface area contributed by atoms with Crippen molar-refractivity contribution in [3.05, 3.63) is 0 Å². The van der Waals surface area contributed by atoms with Crippen LogP contribution in [-0.2, 0) is 33.6 Å². The average Bonchev–Trinajstić information content (AvgIpc) is 3.59. The van der Waals surface area contributed by atoms with E-state index >= 15 is 0 Å². The van der Waals surface area contributed by atoms with E-state index in [1.54, 1.807) is 6.92 Å². The highest BCUT2D eigenvalue weighted by molar-refractivity contribution is 6.38. The highest BCUT2D eigenvalue weighted by atomic mass is 16.4. The lowest BCUT2D eigenvalue weighted by atomic mass is 9.97. The molecule has 0 bridgehead atoms. The number of hydrogen-bond donors (Lipinski definition) is 7. The van der Waals surface area contributed by atoms with E-state index in [0.717, 1.165) is 0 Å². The van der Waals surface area contributed by atoms with Crippen molar-refractivity contribution < 1.29 is 43.8 Å². The minimum Gasteiger partial charge on any atom is -0.481 e. The van der Waals surface area contributed by atoms with Crippen LogP contribution in [0.1, 0.15) is 60.3 Å². The van der Waals surface area contributed by atoms with Gasteiger partial charge in [-0.2, -0.15) is 0 Å². The van der Waals surface area contributed by atoms with E-state index in [1.807, 2.05) is 6.92 Å². The second-order valence-corrected chi connectivity index (χ2v) is 9.32. The molecule has 1 saturated carbocycles. The number of carbonyl (C=O) groups is 7. The molecule has 0 aromatic rings. The zero-order valence-electron chi connectivity index (χ0n) is 21.7. The van der Waals surface area contributed by atoms with Crippen LogP contribution in [0.2, 0.25) is 0 Å². The number of hydrogen-bond acceptors (Lipinski definition) is 8. The zero-order chi connectivity index (χ0) is 28.5. The summed E-state index contributed by atoms with van der Waals surface area (Å²) in [4.78, 5) is 84.6. The first-order valence-corrected chi connectivity index (χ1v) is 12.1. The highest BCUT2D eigenvalue weighted by Crippen LogP contribution is 2.36. The molecule has 1 aliphatic carbocycles. The van der Waals surface area contributed by atoms with Gasteiger partial charge in [-0.15, -0.1) is 0 Å². The van der Waals surface area contributed by atoms with E-state index in [4.69, 9.17) is 5.11 Å². The first-order chi connectivity index (χ1) is 17.1. The molecule has 0 aromatic carbocycles. The van der Waals surface area contributed by atoms with Gasteiger partial charge in [0.15, 0.2) is 0 Å². The fraction of sp³-hybridized carbons (Fsp3) is 0.696. The summed E-state index contributed by atoms with van der Waals surface area (Å²) >= 11 is 0. The van der Waals surface area contributed by atoms with Crippen LogP contribution >= 0.6 is 0 Å². The average molecular weight is 528 g/mol. The van der Waals surface area contributed by atoms with Gasteiger partial charge >= 0.3 is 5.97 Å². The number of ketones is 1. The summed E-state index contributed by atoms with van der Waals surface area (Å²) < 4.78 is 0. The number of carbonyl (C=O) groups excluding carboxylic acids is 6. The van der Waals surface area contributed by atoms with E-state index in [9.17, 15) is 38.7 Å². The number of aliphatic hydroxyl groups excluding tert-OH is 1. The Labute approximate surface area is 214 Å². The summed E-state index contributed by atoms with van der Waals surface area (Å²) in [7, 11) is 0. The van der Waals surface area contributed by atoms with E-state index in [2.05, 4.69) is 26.6 Å². The maximum atomic E-state index is 12.9. The van der Waals surface area contributed by atoms with Crippen molar-refractivity contribution in [3.8, 4) is 0 Å². The maximum Gasteiger partial charge on any atom is 0.305 e. The van der Waals surface area contributed by atoms with Crippen molar-refractivity contribution >= 4 is 41.3 Å². The smallest absolute Gasteiger partial charge is 0.305 e. The molecule has 5 amide bonds. The predicted molar refractivity (Wildman–Crippen MR) is 129 cm³/mol. The first kappa shape index (κ1) is 31.5. The van der Waals surface area contributed by atoms with Gasteiger partial charge in [-0.1, -0.05) is 20.3 Å². The third kappa shape index (κ3) is 9.44. The number of rotatable bonds is 15. The van der Waals surface area contributed by atoms with Crippen LogP contribution in [0.25, 0.3) is 0 Å². The Morgan fingerprint density at radius 1 is 0.892 bits per heavy atom. The molecule has 1 rings (SSSR count). The number of carboxylic acid groups (broad SMARTS) is 1. The lowest BCUT2D eigenvalue weighted by Crippen LogP contribution is -2.61. The lowest BCUT2D eigenvalue weighted by Gasteiger charge is -2.28. The van der Waals surface area contributed by atoms with Gasteiger partial charge in [0.25, 0.3) is 5.91 Å². The van der Waals surface area contributed by atoms with Crippen molar-refractivity contribution in [1.29, 1.82) is 0 Å². The number of aliphatic hydroxyl groups is 1. The Hall–Kier alpha value is -3.55. The Kier molecular flexibility index (Phi) is 11.6. The van der Waals surface area contributed by atoms with Crippen LogP contribution in [0.4, 0.5) is 0 Å². The second kappa shape index (κ2) is 13.7. The van der Waals surface area contributed by atoms with Crippen LogP contribution in [0.3, 0.4) is 0 Å². The van der Waals surface area contributed by atoms with Gasteiger partial charge in [-0.05, 0) is 32.6 Å². The molecule has 7 N–H and O–H groups in total. The molecule has 37 heavy (non-hydrogen) atoms. The van der Waals surface area contributed by atoms with Crippen molar-refractivity contribution in [2.24, 2.45) is 5.92 Å². The predicted octanol–water partition coefficient (Wildman–Crippen LogP) is -2.28. The van der Waals surface area contributed by atoms with Crippen molar-refractivity contribution in [2.45, 2.75) is 90.1 Å². The number of amides is 5. The number of nitrogens with one attached hydrogen (secondary N) is 5. The van der Waals surface area contributed by atoms with E-state index in [0.29, 0.717) is 6.42 Å². The molecule has 14 nitrogen and oxygen atoms in total. The standard InChI is InChI=1S/C23H37N5O9/c1-6-11(2)16(26-14(5)30)19(34)27-17(13(4)29)20(35)28-23(8-9-23)22(37)25-12(3)18(33)21(36)24-10-7-15(31)32/h11-13,16-17,29H,6-10H2,1-5H3,(H,24,36)(H,25,37)(H,26,30)(H,27,34)(H,28,35)(H,31,32)/t11-,12?,13+,16-,17-/m0/s1. The molecule has 1 fully saturated rings. The van der Waals surface area contributed by atoms with Crippen LogP contribution in [0.15, 0.2) is 0 Å². The van der Waals surface area contributed by atoms with Gasteiger partial charge in [0.1, 0.15) is 17.6 Å². The third-order valence-electron chi connectivity index (χ3n) is 6.05. The van der Waals surface area contributed by atoms with Gasteiger partial charge in [-0.3, -0.25) is 33.6 Å². The van der Waals surface area contributed by atoms with E-state index < -0.39 is 71.1 Å². The van der Waals surface area contributed by atoms with Crippen molar-refractivity contribution in [1.82, 2.24) is 26.6 Å². The first-order valence-electron chi connectivity index (χ1n) is 12.1. The Morgan fingerprint density at radius 2 is 1.49 bits per heavy atom. The van der Waals surface area contributed by atoms with Gasteiger partial charge in [-0.25, -0.2) is 0 Å². The van der Waals surface area contributed by atoms with Crippen LogP contribution in [0, 0.1) is 5.92 Å². The molecule has 0 saturated heterocycles. The fourth-order valence-electron chi connectivity index (χ4n) is 3.38. The van der Waals surface area contributed by atoms with Gasteiger partial charge in [0, 0.05) is 13.5 Å². The quantitative estimate of drug-likeness (QED) is 0.114. The van der Waals surface area contributed by atoms with E-state index in [1.165, 1.54) is 20.8 Å². The fourth-order valence-corrected chi connectivity index (χ4v) is 3.38. The molecule has 0 aliphatic heterocycles. The molecular weight excluding hydrogens is 490 g/mol. The van der Waals surface area contributed by atoms with Crippen LogP contribution in [0.5, 0.6) is 0 Å².